The van der Waals surface area contributed by atoms with Gasteiger partial charge in [-0.1, -0.05) is 37.3 Å². The van der Waals surface area contributed by atoms with Crippen molar-refractivity contribution in [3.05, 3.63) is 35.9 Å². The van der Waals surface area contributed by atoms with E-state index in [4.69, 9.17) is 14.2 Å². The van der Waals surface area contributed by atoms with Crippen molar-refractivity contribution in [3.8, 4) is 0 Å². The van der Waals surface area contributed by atoms with Crippen LogP contribution >= 0.6 is 0 Å². The van der Waals surface area contributed by atoms with E-state index < -0.39 is 6.10 Å². The Morgan fingerprint density at radius 1 is 1.21 bits per heavy atom. The first-order valence-electron chi connectivity index (χ1n) is 9.36. The molecule has 1 fully saturated rings. The van der Waals surface area contributed by atoms with Gasteiger partial charge in [0.2, 0.25) is 0 Å². The minimum atomic E-state index is -0.412. The standard InChI is InChI=1S/C20H32O4/c1-2-19(24-16-17-10-4-3-5-11-17)18(21)12-6-8-14-22-20-13-7-9-15-23-20/h3-5,10-11,18-21H,2,6-9,12-16H2,1H3/t18-,19+,20?/m1/s1. The molecule has 1 unspecified atom stereocenters. The van der Waals surface area contributed by atoms with Crippen LogP contribution in [0, 0.1) is 0 Å². The van der Waals surface area contributed by atoms with Crippen LogP contribution in [0.25, 0.3) is 0 Å². The Hall–Kier alpha value is -0.940. The average molecular weight is 336 g/mol. The van der Waals surface area contributed by atoms with E-state index in [0.717, 1.165) is 50.7 Å². The van der Waals surface area contributed by atoms with E-state index in [2.05, 4.69) is 6.92 Å². The van der Waals surface area contributed by atoms with Crippen LogP contribution in [-0.2, 0) is 20.8 Å². The van der Waals surface area contributed by atoms with Crippen molar-refractivity contribution in [3.63, 3.8) is 0 Å². The van der Waals surface area contributed by atoms with Gasteiger partial charge >= 0.3 is 0 Å². The monoisotopic (exact) mass is 336 g/mol. The molecular weight excluding hydrogens is 304 g/mol. The van der Waals surface area contributed by atoms with Crippen molar-refractivity contribution in [2.45, 2.75) is 77.0 Å². The summed E-state index contributed by atoms with van der Waals surface area (Å²) in [6.07, 6.45) is 6.29. The highest BCUT2D eigenvalue weighted by Gasteiger charge is 2.18. The lowest BCUT2D eigenvalue weighted by atomic mass is 10.0. The van der Waals surface area contributed by atoms with Crippen molar-refractivity contribution in [1.82, 2.24) is 0 Å². The quantitative estimate of drug-likeness (QED) is 0.619. The van der Waals surface area contributed by atoms with Crippen molar-refractivity contribution in [2.75, 3.05) is 13.2 Å². The Labute approximate surface area is 146 Å². The van der Waals surface area contributed by atoms with Crippen molar-refractivity contribution in [2.24, 2.45) is 0 Å². The molecule has 1 N–H and O–H groups in total. The minimum absolute atomic E-state index is 0.0127. The van der Waals surface area contributed by atoms with E-state index >= 15 is 0 Å². The van der Waals surface area contributed by atoms with Gasteiger partial charge in [-0.15, -0.1) is 0 Å². The Bertz CT molecular complexity index is 417. The third kappa shape index (κ3) is 7.31. The summed E-state index contributed by atoms with van der Waals surface area (Å²) in [5.41, 5.74) is 1.14. The lowest BCUT2D eigenvalue weighted by molar-refractivity contribution is -0.163. The summed E-state index contributed by atoms with van der Waals surface area (Å²) in [5, 5.41) is 10.3. The maximum atomic E-state index is 10.3. The Balaban J connectivity index is 1.56. The largest absolute Gasteiger partial charge is 0.390 e. The lowest BCUT2D eigenvalue weighted by Gasteiger charge is -2.23. The van der Waals surface area contributed by atoms with Crippen LogP contribution in [0.15, 0.2) is 30.3 Å². The van der Waals surface area contributed by atoms with Crippen molar-refractivity contribution >= 4 is 0 Å². The summed E-state index contributed by atoms with van der Waals surface area (Å²) in [7, 11) is 0. The van der Waals surface area contributed by atoms with Gasteiger partial charge in [0, 0.05) is 13.2 Å². The van der Waals surface area contributed by atoms with Crippen LogP contribution in [0.3, 0.4) is 0 Å². The second-order valence-electron chi connectivity index (χ2n) is 6.47. The van der Waals surface area contributed by atoms with Gasteiger partial charge in [0.1, 0.15) is 0 Å². The highest BCUT2D eigenvalue weighted by atomic mass is 16.7. The summed E-state index contributed by atoms with van der Waals surface area (Å²) in [4.78, 5) is 0. The fraction of sp³-hybridized carbons (Fsp3) is 0.700. The summed E-state index contributed by atoms with van der Waals surface area (Å²) in [6.45, 7) is 4.14. The summed E-state index contributed by atoms with van der Waals surface area (Å²) in [6, 6.07) is 10.1. The summed E-state index contributed by atoms with van der Waals surface area (Å²) >= 11 is 0. The first-order chi connectivity index (χ1) is 11.8. The molecule has 1 aromatic rings. The number of ether oxygens (including phenoxy) is 3. The SMILES string of the molecule is CC[C@H](OCc1ccccc1)[C@H](O)CCCCOC1CCCCO1. The highest BCUT2D eigenvalue weighted by molar-refractivity contribution is 5.13. The predicted molar refractivity (Wildman–Crippen MR) is 94.7 cm³/mol. The molecule has 1 saturated heterocycles. The number of unbranched alkanes of at least 4 members (excludes halogenated alkanes) is 1. The smallest absolute Gasteiger partial charge is 0.157 e. The van der Waals surface area contributed by atoms with Gasteiger partial charge < -0.3 is 19.3 Å². The number of benzene rings is 1. The van der Waals surface area contributed by atoms with Gasteiger partial charge in [-0.2, -0.15) is 0 Å². The van der Waals surface area contributed by atoms with Gasteiger partial charge in [0.15, 0.2) is 6.29 Å². The molecule has 0 amide bonds. The number of hydrogen-bond acceptors (Lipinski definition) is 4. The average Bonchev–Trinajstić information content (AvgIpc) is 2.63. The summed E-state index contributed by atoms with van der Waals surface area (Å²) in [5.74, 6) is 0. The molecule has 24 heavy (non-hydrogen) atoms. The molecule has 0 spiro atoms. The normalized spacial score (nSPS) is 20.7. The van der Waals surface area contributed by atoms with Crippen LogP contribution < -0.4 is 0 Å². The zero-order chi connectivity index (χ0) is 17.0. The number of rotatable bonds is 11. The maximum absolute atomic E-state index is 10.3. The van der Waals surface area contributed by atoms with Crippen LogP contribution in [0.2, 0.25) is 0 Å². The molecule has 4 nitrogen and oxygen atoms in total. The van der Waals surface area contributed by atoms with Gasteiger partial charge in [0.25, 0.3) is 0 Å². The zero-order valence-corrected chi connectivity index (χ0v) is 14.9. The van der Waals surface area contributed by atoms with Gasteiger partial charge in [-0.25, -0.2) is 0 Å². The fourth-order valence-electron chi connectivity index (χ4n) is 2.98. The van der Waals surface area contributed by atoms with Crippen LogP contribution in [0.1, 0.15) is 57.4 Å². The fourth-order valence-corrected chi connectivity index (χ4v) is 2.98. The van der Waals surface area contributed by atoms with Crippen LogP contribution in [0.5, 0.6) is 0 Å². The maximum Gasteiger partial charge on any atom is 0.157 e. The predicted octanol–water partition coefficient (Wildman–Crippen LogP) is 4.06. The van der Waals surface area contributed by atoms with Gasteiger partial charge in [-0.3, -0.25) is 0 Å². The third-order valence-corrected chi connectivity index (χ3v) is 4.47. The van der Waals surface area contributed by atoms with Crippen LogP contribution in [0.4, 0.5) is 0 Å². The van der Waals surface area contributed by atoms with E-state index in [9.17, 15) is 5.11 Å². The van der Waals surface area contributed by atoms with E-state index in [1.165, 1.54) is 6.42 Å². The second kappa shape index (κ2) is 11.6. The van der Waals surface area contributed by atoms with E-state index in [1.807, 2.05) is 30.3 Å². The first kappa shape index (κ1) is 19.4. The lowest BCUT2D eigenvalue weighted by Crippen LogP contribution is -2.28. The van der Waals surface area contributed by atoms with Crippen molar-refractivity contribution < 1.29 is 19.3 Å². The second-order valence-corrected chi connectivity index (χ2v) is 6.47. The number of hydrogen-bond donors (Lipinski definition) is 1. The molecule has 136 valence electrons. The molecule has 0 aliphatic carbocycles. The zero-order valence-electron chi connectivity index (χ0n) is 14.9. The summed E-state index contributed by atoms with van der Waals surface area (Å²) < 4.78 is 17.2. The first-order valence-corrected chi connectivity index (χ1v) is 9.36. The Morgan fingerprint density at radius 3 is 2.75 bits per heavy atom. The van der Waals surface area contributed by atoms with Gasteiger partial charge in [-0.05, 0) is 50.5 Å². The Morgan fingerprint density at radius 2 is 2.04 bits per heavy atom. The highest BCUT2D eigenvalue weighted by Crippen LogP contribution is 2.16. The Kier molecular flexibility index (Phi) is 9.36. The van der Waals surface area contributed by atoms with Gasteiger partial charge in [0.05, 0.1) is 18.8 Å². The molecule has 0 saturated carbocycles. The van der Waals surface area contributed by atoms with E-state index in [-0.39, 0.29) is 12.4 Å². The minimum Gasteiger partial charge on any atom is -0.390 e. The molecule has 3 atom stereocenters. The molecule has 4 heteroatoms. The topological polar surface area (TPSA) is 47.9 Å². The molecule has 0 aromatic heterocycles. The molecule has 1 heterocycles. The number of aliphatic hydroxyl groups excluding tert-OH is 1. The van der Waals surface area contributed by atoms with E-state index in [1.54, 1.807) is 0 Å². The molecule has 1 aliphatic rings. The molecule has 2 rings (SSSR count). The molecule has 0 radical (unpaired) electrons. The molecule has 1 aromatic carbocycles. The van der Waals surface area contributed by atoms with Crippen LogP contribution in [-0.4, -0.2) is 36.8 Å². The third-order valence-electron chi connectivity index (χ3n) is 4.47. The molecule has 1 aliphatic heterocycles. The van der Waals surface area contributed by atoms with E-state index in [0.29, 0.717) is 13.2 Å². The van der Waals surface area contributed by atoms with Crippen molar-refractivity contribution in [1.29, 1.82) is 0 Å². The number of aliphatic hydroxyl groups is 1. The molecule has 0 bridgehead atoms. The molecular formula is C20H32O4.